The number of halogens is 2. The largest absolute Gasteiger partial charge is 0.307 e. The average Bonchev–Trinajstić information content (AvgIpc) is 2.41. The van der Waals surface area contributed by atoms with E-state index in [0.717, 1.165) is 17.4 Å². The average molecular weight is 312 g/mol. The fraction of sp³-hybridized carbons (Fsp3) is 0.667. The molecular weight excluding hydrogens is 285 g/mol. The molecule has 1 fully saturated rings. The predicted octanol–water partition coefficient (Wildman–Crippen LogP) is 5.59. The molecule has 0 radical (unpaired) electrons. The van der Waals surface area contributed by atoms with Crippen LogP contribution in [0, 0.1) is 23.6 Å². The SMILES string of the molecule is CC1CCC(C(C)C)C(NC(C)c2ccc(F)c(Cl)c2)C1. The van der Waals surface area contributed by atoms with Crippen LogP contribution in [0.25, 0.3) is 0 Å². The number of nitrogens with one attached hydrogen (secondary N) is 1. The van der Waals surface area contributed by atoms with E-state index >= 15 is 0 Å². The first-order valence-corrected chi connectivity index (χ1v) is 8.47. The molecule has 1 aliphatic rings. The van der Waals surface area contributed by atoms with E-state index < -0.39 is 0 Å². The molecule has 0 aliphatic heterocycles. The fourth-order valence-corrected chi connectivity index (χ4v) is 3.78. The maximum atomic E-state index is 13.3. The smallest absolute Gasteiger partial charge is 0.141 e. The van der Waals surface area contributed by atoms with E-state index in [4.69, 9.17) is 11.6 Å². The summed E-state index contributed by atoms with van der Waals surface area (Å²) in [5.41, 5.74) is 1.06. The lowest BCUT2D eigenvalue weighted by atomic mass is 9.73. The first-order valence-electron chi connectivity index (χ1n) is 8.09. The van der Waals surface area contributed by atoms with Gasteiger partial charge in [-0.25, -0.2) is 4.39 Å². The standard InChI is InChI=1S/C18H27ClFN/c1-11(2)15-7-5-12(3)9-18(15)21-13(4)14-6-8-17(20)16(19)10-14/h6,8,10-13,15,18,21H,5,7,9H2,1-4H3. The maximum Gasteiger partial charge on any atom is 0.141 e. The van der Waals surface area contributed by atoms with Crippen molar-refractivity contribution in [2.45, 2.75) is 59.0 Å². The van der Waals surface area contributed by atoms with E-state index in [1.807, 2.05) is 6.07 Å². The van der Waals surface area contributed by atoms with Crippen LogP contribution in [0.3, 0.4) is 0 Å². The first-order chi connectivity index (χ1) is 9.88. The van der Waals surface area contributed by atoms with Crippen molar-refractivity contribution in [3.05, 3.63) is 34.6 Å². The van der Waals surface area contributed by atoms with Gasteiger partial charge in [-0.2, -0.15) is 0 Å². The molecule has 1 aromatic carbocycles. The summed E-state index contributed by atoms with van der Waals surface area (Å²) in [4.78, 5) is 0. The molecule has 2 rings (SSSR count). The minimum absolute atomic E-state index is 0.194. The van der Waals surface area contributed by atoms with Crippen molar-refractivity contribution >= 4 is 11.6 Å². The number of rotatable bonds is 4. The Balaban J connectivity index is 2.08. The van der Waals surface area contributed by atoms with Gasteiger partial charge in [0.05, 0.1) is 5.02 Å². The van der Waals surface area contributed by atoms with Crippen LogP contribution in [0.4, 0.5) is 4.39 Å². The molecule has 0 saturated heterocycles. The van der Waals surface area contributed by atoms with Crippen LogP contribution in [0.1, 0.15) is 58.6 Å². The molecule has 4 unspecified atom stereocenters. The molecule has 0 aromatic heterocycles. The molecule has 1 saturated carbocycles. The molecular formula is C18H27ClFN. The van der Waals surface area contributed by atoms with Gasteiger partial charge in [0.15, 0.2) is 0 Å². The van der Waals surface area contributed by atoms with E-state index in [-0.39, 0.29) is 16.9 Å². The summed E-state index contributed by atoms with van der Waals surface area (Å²) in [5, 5.41) is 3.97. The third-order valence-electron chi connectivity index (χ3n) is 4.93. The summed E-state index contributed by atoms with van der Waals surface area (Å²) in [6, 6.07) is 5.76. The second-order valence-electron chi connectivity index (χ2n) is 6.99. The van der Waals surface area contributed by atoms with E-state index in [2.05, 4.69) is 33.0 Å². The molecule has 0 amide bonds. The Labute approximate surface area is 133 Å². The highest BCUT2D eigenvalue weighted by atomic mass is 35.5. The van der Waals surface area contributed by atoms with Crippen LogP contribution in [0.2, 0.25) is 5.02 Å². The summed E-state index contributed by atoms with van der Waals surface area (Å²) in [6.45, 7) is 9.11. The quantitative estimate of drug-likeness (QED) is 0.764. The zero-order chi connectivity index (χ0) is 15.6. The minimum atomic E-state index is -0.348. The monoisotopic (exact) mass is 311 g/mol. The van der Waals surface area contributed by atoms with Crippen LogP contribution < -0.4 is 5.32 Å². The number of hydrogen-bond acceptors (Lipinski definition) is 1. The highest BCUT2D eigenvalue weighted by Crippen LogP contribution is 2.35. The van der Waals surface area contributed by atoms with Crippen LogP contribution in [-0.4, -0.2) is 6.04 Å². The lowest BCUT2D eigenvalue weighted by molar-refractivity contribution is 0.161. The lowest BCUT2D eigenvalue weighted by Crippen LogP contribution is -2.43. The zero-order valence-electron chi connectivity index (χ0n) is 13.5. The zero-order valence-corrected chi connectivity index (χ0v) is 14.3. The van der Waals surface area contributed by atoms with Crippen molar-refractivity contribution in [1.82, 2.24) is 5.32 Å². The third-order valence-corrected chi connectivity index (χ3v) is 5.22. The molecule has 21 heavy (non-hydrogen) atoms. The van der Waals surface area contributed by atoms with Gasteiger partial charge in [0, 0.05) is 12.1 Å². The molecule has 1 nitrogen and oxygen atoms in total. The lowest BCUT2D eigenvalue weighted by Gasteiger charge is -2.39. The molecule has 4 atom stereocenters. The van der Waals surface area contributed by atoms with E-state index in [9.17, 15) is 4.39 Å². The predicted molar refractivity (Wildman–Crippen MR) is 88.1 cm³/mol. The van der Waals surface area contributed by atoms with Crippen molar-refractivity contribution < 1.29 is 4.39 Å². The topological polar surface area (TPSA) is 12.0 Å². The van der Waals surface area contributed by atoms with Crippen LogP contribution in [0.5, 0.6) is 0 Å². The molecule has 1 aromatic rings. The molecule has 0 spiro atoms. The van der Waals surface area contributed by atoms with Crippen molar-refractivity contribution in [2.24, 2.45) is 17.8 Å². The molecule has 0 bridgehead atoms. The summed E-state index contributed by atoms with van der Waals surface area (Å²) in [7, 11) is 0. The van der Waals surface area contributed by atoms with Gasteiger partial charge in [-0.3, -0.25) is 0 Å². The fourth-order valence-electron chi connectivity index (χ4n) is 3.59. The Bertz CT molecular complexity index is 474. The normalized spacial score (nSPS) is 27.9. The van der Waals surface area contributed by atoms with Gasteiger partial charge in [0.1, 0.15) is 5.82 Å². The van der Waals surface area contributed by atoms with E-state index in [0.29, 0.717) is 12.0 Å². The van der Waals surface area contributed by atoms with Crippen LogP contribution >= 0.6 is 11.6 Å². The van der Waals surface area contributed by atoms with Crippen molar-refractivity contribution in [3.63, 3.8) is 0 Å². The summed E-state index contributed by atoms with van der Waals surface area (Å²) in [6.07, 6.45) is 3.85. The van der Waals surface area contributed by atoms with Gasteiger partial charge in [0.25, 0.3) is 0 Å². The second-order valence-corrected chi connectivity index (χ2v) is 7.40. The van der Waals surface area contributed by atoms with Gasteiger partial charge >= 0.3 is 0 Å². The number of benzene rings is 1. The minimum Gasteiger partial charge on any atom is -0.307 e. The van der Waals surface area contributed by atoms with Gasteiger partial charge in [0.2, 0.25) is 0 Å². The van der Waals surface area contributed by atoms with E-state index in [1.54, 1.807) is 6.07 Å². The van der Waals surface area contributed by atoms with Crippen molar-refractivity contribution in [1.29, 1.82) is 0 Å². The molecule has 1 aliphatic carbocycles. The third kappa shape index (κ3) is 4.20. The Morgan fingerprint density at radius 3 is 2.57 bits per heavy atom. The Morgan fingerprint density at radius 2 is 1.95 bits per heavy atom. The molecule has 1 N–H and O–H groups in total. The maximum absolute atomic E-state index is 13.3. The second kappa shape index (κ2) is 7.11. The summed E-state index contributed by atoms with van der Waals surface area (Å²) >= 11 is 5.90. The summed E-state index contributed by atoms with van der Waals surface area (Å²) < 4.78 is 13.3. The Morgan fingerprint density at radius 1 is 1.24 bits per heavy atom. The van der Waals surface area contributed by atoms with Crippen molar-refractivity contribution in [3.8, 4) is 0 Å². The van der Waals surface area contributed by atoms with Gasteiger partial charge in [-0.1, -0.05) is 44.9 Å². The van der Waals surface area contributed by atoms with Gasteiger partial charge in [-0.15, -0.1) is 0 Å². The summed E-state index contributed by atoms with van der Waals surface area (Å²) in [5.74, 6) is 1.85. The Kier molecular flexibility index (Phi) is 5.67. The Hall–Kier alpha value is -0.600. The number of hydrogen-bond donors (Lipinski definition) is 1. The van der Waals surface area contributed by atoms with Crippen LogP contribution in [-0.2, 0) is 0 Å². The first kappa shape index (κ1) is 16.8. The van der Waals surface area contributed by atoms with E-state index in [1.165, 1.54) is 25.3 Å². The van der Waals surface area contributed by atoms with Crippen LogP contribution in [0.15, 0.2) is 18.2 Å². The highest BCUT2D eigenvalue weighted by Gasteiger charge is 2.31. The van der Waals surface area contributed by atoms with Gasteiger partial charge < -0.3 is 5.32 Å². The molecule has 0 heterocycles. The van der Waals surface area contributed by atoms with Crippen molar-refractivity contribution in [2.75, 3.05) is 0 Å². The molecule has 3 heteroatoms. The van der Waals surface area contributed by atoms with Gasteiger partial charge in [-0.05, 0) is 55.2 Å². The molecule has 118 valence electrons. The highest BCUT2D eigenvalue weighted by molar-refractivity contribution is 6.30.